The molecule has 1 aliphatic heterocycles. The summed E-state index contributed by atoms with van der Waals surface area (Å²) in [7, 11) is 0. The van der Waals surface area contributed by atoms with E-state index in [0.29, 0.717) is 19.4 Å². The number of likely N-dealkylation sites (tertiary alicyclic amines) is 1. The van der Waals surface area contributed by atoms with Gasteiger partial charge in [0.15, 0.2) is 0 Å². The van der Waals surface area contributed by atoms with Crippen molar-refractivity contribution in [1.82, 2.24) is 14.5 Å². The highest BCUT2D eigenvalue weighted by Gasteiger charge is 2.38. The van der Waals surface area contributed by atoms with Crippen LogP contribution in [0.3, 0.4) is 0 Å². The van der Waals surface area contributed by atoms with Crippen molar-refractivity contribution in [2.45, 2.75) is 32.5 Å². The topological polar surface area (TPSA) is 64.4 Å². The summed E-state index contributed by atoms with van der Waals surface area (Å²) in [6.07, 6.45) is -3.47. The molecular weight excluding hydrogens is 363 g/mol. The third kappa shape index (κ3) is 4.06. The summed E-state index contributed by atoms with van der Waals surface area (Å²) in [6.45, 7) is 2.03. The highest BCUT2D eigenvalue weighted by atomic mass is 19.4. The molecule has 1 aromatic carbocycles. The number of carbonyl (C=O) groups excluding carboxylic acids is 2. The number of piperidine rings is 1. The number of fused-ring (bicyclic) bond motifs is 1. The zero-order valence-corrected chi connectivity index (χ0v) is 14.8. The molecule has 3 rings (SSSR count). The fourth-order valence-corrected chi connectivity index (χ4v) is 3.34. The number of rotatable bonds is 4. The van der Waals surface area contributed by atoms with Gasteiger partial charge in [-0.25, -0.2) is 4.98 Å². The van der Waals surface area contributed by atoms with Gasteiger partial charge in [0.2, 0.25) is 11.7 Å². The molecular formula is C18H20F3N3O3. The van der Waals surface area contributed by atoms with E-state index in [0.717, 1.165) is 4.57 Å². The predicted molar refractivity (Wildman–Crippen MR) is 90.7 cm³/mol. The van der Waals surface area contributed by atoms with E-state index in [1.807, 2.05) is 0 Å². The van der Waals surface area contributed by atoms with Crippen LogP contribution in [0.4, 0.5) is 13.2 Å². The van der Waals surface area contributed by atoms with E-state index in [-0.39, 0.29) is 30.2 Å². The monoisotopic (exact) mass is 383 g/mol. The van der Waals surface area contributed by atoms with Crippen LogP contribution in [0.15, 0.2) is 24.3 Å². The van der Waals surface area contributed by atoms with E-state index in [9.17, 15) is 22.8 Å². The van der Waals surface area contributed by atoms with E-state index in [2.05, 4.69) is 4.98 Å². The van der Waals surface area contributed by atoms with Gasteiger partial charge in [0, 0.05) is 13.1 Å². The third-order valence-electron chi connectivity index (χ3n) is 4.60. The lowest BCUT2D eigenvalue weighted by Gasteiger charge is -2.31. The van der Waals surface area contributed by atoms with Gasteiger partial charge in [-0.2, -0.15) is 13.2 Å². The Kier molecular flexibility index (Phi) is 5.38. The maximum atomic E-state index is 13.4. The quantitative estimate of drug-likeness (QED) is 0.762. The summed E-state index contributed by atoms with van der Waals surface area (Å²) < 4.78 is 46.0. The van der Waals surface area contributed by atoms with E-state index >= 15 is 0 Å². The van der Waals surface area contributed by atoms with Gasteiger partial charge in [-0.05, 0) is 31.9 Å². The Morgan fingerprint density at radius 2 is 2.04 bits per heavy atom. The first-order valence-corrected chi connectivity index (χ1v) is 8.78. The van der Waals surface area contributed by atoms with Crippen LogP contribution in [-0.4, -0.2) is 46.0 Å². The Labute approximate surface area is 153 Å². The van der Waals surface area contributed by atoms with Gasteiger partial charge in [0.05, 0.1) is 23.6 Å². The van der Waals surface area contributed by atoms with Crippen molar-refractivity contribution in [2.75, 3.05) is 19.7 Å². The van der Waals surface area contributed by atoms with Gasteiger partial charge < -0.3 is 14.2 Å². The minimum absolute atomic E-state index is 0.158. The summed E-state index contributed by atoms with van der Waals surface area (Å²) in [4.78, 5) is 29.7. The molecule has 0 unspecified atom stereocenters. The van der Waals surface area contributed by atoms with Crippen LogP contribution >= 0.6 is 0 Å². The van der Waals surface area contributed by atoms with Crippen LogP contribution in [-0.2, 0) is 27.0 Å². The summed E-state index contributed by atoms with van der Waals surface area (Å²) in [6, 6.07) is 6.17. The summed E-state index contributed by atoms with van der Waals surface area (Å²) in [5, 5.41) is 0. The molecule has 2 aromatic rings. The van der Waals surface area contributed by atoms with E-state index in [1.165, 1.54) is 17.0 Å². The zero-order chi connectivity index (χ0) is 19.6. The molecule has 6 nitrogen and oxygen atoms in total. The van der Waals surface area contributed by atoms with Gasteiger partial charge in [-0.1, -0.05) is 12.1 Å². The number of hydrogen-bond donors (Lipinski definition) is 0. The molecule has 9 heteroatoms. The Hall–Kier alpha value is -2.58. The first-order chi connectivity index (χ1) is 12.8. The second-order valence-corrected chi connectivity index (χ2v) is 6.44. The second-order valence-electron chi connectivity index (χ2n) is 6.44. The number of imidazole rings is 1. The fourth-order valence-electron chi connectivity index (χ4n) is 3.34. The van der Waals surface area contributed by atoms with E-state index < -0.39 is 30.4 Å². The van der Waals surface area contributed by atoms with Gasteiger partial charge >= 0.3 is 12.1 Å². The molecule has 0 N–H and O–H groups in total. The highest BCUT2D eigenvalue weighted by molar-refractivity contribution is 5.82. The number of aromatic nitrogens is 2. The van der Waals surface area contributed by atoms with Crippen molar-refractivity contribution in [3.05, 3.63) is 30.1 Å². The number of amides is 1. The number of ether oxygens (including phenoxy) is 1. The normalized spacial score (nSPS) is 17.9. The molecule has 27 heavy (non-hydrogen) atoms. The SMILES string of the molecule is CCOC(=O)[C@H]1CCCN(C(=O)Cn2c(C(F)(F)F)nc3ccccc32)C1. The van der Waals surface area contributed by atoms with Crippen molar-refractivity contribution in [3.8, 4) is 0 Å². The van der Waals surface area contributed by atoms with Crippen molar-refractivity contribution < 1.29 is 27.5 Å². The Bertz CT molecular complexity index is 847. The van der Waals surface area contributed by atoms with Crippen molar-refractivity contribution in [1.29, 1.82) is 0 Å². The van der Waals surface area contributed by atoms with Crippen molar-refractivity contribution >= 4 is 22.9 Å². The number of carbonyl (C=O) groups is 2. The van der Waals surface area contributed by atoms with Crippen LogP contribution < -0.4 is 0 Å². The molecule has 0 aliphatic carbocycles. The number of halogens is 3. The zero-order valence-electron chi connectivity index (χ0n) is 14.8. The largest absolute Gasteiger partial charge is 0.466 e. The molecule has 1 amide bonds. The predicted octanol–water partition coefficient (Wildman–Crippen LogP) is 2.86. The molecule has 1 aliphatic rings. The Morgan fingerprint density at radius 3 is 2.74 bits per heavy atom. The second kappa shape index (κ2) is 7.58. The Morgan fingerprint density at radius 1 is 1.30 bits per heavy atom. The van der Waals surface area contributed by atoms with Crippen molar-refractivity contribution in [3.63, 3.8) is 0 Å². The van der Waals surface area contributed by atoms with E-state index in [4.69, 9.17) is 4.74 Å². The summed E-state index contributed by atoms with van der Waals surface area (Å²) >= 11 is 0. The maximum Gasteiger partial charge on any atom is 0.449 e. The first-order valence-electron chi connectivity index (χ1n) is 8.78. The molecule has 2 heterocycles. The lowest BCUT2D eigenvalue weighted by Crippen LogP contribution is -2.44. The maximum absolute atomic E-state index is 13.4. The van der Waals surface area contributed by atoms with Gasteiger partial charge in [-0.3, -0.25) is 9.59 Å². The molecule has 0 bridgehead atoms. The lowest BCUT2D eigenvalue weighted by atomic mass is 9.98. The standard InChI is InChI=1S/C18H20F3N3O3/c1-2-27-16(26)12-6-5-9-23(10-12)15(25)11-24-14-8-4-3-7-13(14)22-17(24)18(19,20)21/h3-4,7-8,12H,2,5-6,9-11H2,1H3/t12-/m0/s1. The highest BCUT2D eigenvalue weighted by Crippen LogP contribution is 2.31. The number of esters is 1. The third-order valence-corrected chi connectivity index (χ3v) is 4.60. The molecule has 146 valence electrons. The molecule has 1 saturated heterocycles. The number of alkyl halides is 3. The average Bonchev–Trinajstić information content (AvgIpc) is 3.01. The average molecular weight is 383 g/mol. The van der Waals surface area contributed by atoms with Crippen LogP contribution in [0, 0.1) is 5.92 Å². The van der Waals surface area contributed by atoms with Gasteiger partial charge in [0.25, 0.3) is 0 Å². The van der Waals surface area contributed by atoms with Crippen LogP contribution in [0.2, 0.25) is 0 Å². The molecule has 1 aromatic heterocycles. The van der Waals surface area contributed by atoms with Crippen LogP contribution in [0.5, 0.6) is 0 Å². The molecule has 0 radical (unpaired) electrons. The van der Waals surface area contributed by atoms with Crippen LogP contribution in [0.1, 0.15) is 25.6 Å². The molecule has 0 saturated carbocycles. The minimum Gasteiger partial charge on any atom is -0.466 e. The molecule has 1 fully saturated rings. The summed E-state index contributed by atoms with van der Waals surface area (Å²) in [5.74, 6) is -2.39. The Balaban J connectivity index is 1.82. The smallest absolute Gasteiger partial charge is 0.449 e. The van der Waals surface area contributed by atoms with Gasteiger partial charge in [0.1, 0.15) is 6.54 Å². The van der Waals surface area contributed by atoms with Crippen LogP contribution in [0.25, 0.3) is 11.0 Å². The number of hydrogen-bond acceptors (Lipinski definition) is 4. The van der Waals surface area contributed by atoms with Crippen molar-refractivity contribution in [2.24, 2.45) is 5.92 Å². The van der Waals surface area contributed by atoms with Gasteiger partial charge in [-0.15, -0.1) is 0 Å². The minimum atomic E-state index is -4.67. The number of nitrogens with zero attached hydrogens (tertiary/aromatic N) is 3. The fraction of sp³-hybridized carbons (Fsp3) is 0.500. The van der Waals surface area contributed by atoms with E-state index in [1.54, 1.807) is 19.1 Å². The molecule has 1 atom stereocenters. The lowest BCUT2D eigenvalue weighted by molar-refractivity contribution is -0.151. The summed E-state index contributed by atoms with van der Waals surface area (Å²) in [5.41, 5.74) is 0.429. The number of benzene rings is 1. The number of para-hydroxylation sites is 2. The molecule has 0 spiro atoms. The first kappa shape index (κ1) is 19.2.